The molecule has 1 atom stereocenters. The van der Waals surface area contributed by atoms with Gasteiger partial charge in [0.2, 0.25) is 0 Å². The van der Waals surface area contributed by atoms with E-state index in [4.69, 9.17) is 4.74 Å². The molecular formula is C16H15N2O2. The number of aromatic nitrogens is 1. The Morgan fingerprint density at radius 3 is 2.95 bits per heavy atom. The molecule has 0 saturated carbocycles. The smallest absolute Gasteiger partial charge is 0.193 e. The van der Waals surface area contributed by atoms with E-state index in [0.717, 1.165) is 17.7 Å². The molecule has 4 nitrogen and oxygen atoms in total. The molecule has 1 aliphatic heterocycles. The highest BCUT2D eigenvalue weighted by Gasteiger charge is 2.25. The molecule has 1 N–H and O–H groups in total. The number of ketones is 1. The molecule has 2 heterocycles. The van der Waals surface area contributed by atoms with Gasteiger partial charge in [-0.15, -0.1) is 0 Å². The summed E-state index contributed by atoms with van der Waals surface area (Å²) < 4.78 is 5.55. The lowest BCUT2D eigenvalue weighted by Gasteiger charge is -2.23. The Kier molecular flexibility index (Phi) is 3.85. The van der Waals surface area contributed by atoms with Gasteiger partial charge in [-0.05, 0) is 11.6 Å². The highest BCUT2D eigenvalue weighted by Crippen LogP contribution is 2.24. The summed E-state index contributed by atoms with van der Waals surface area (Å²) in [4.78, 5) is 16.6. The second-order valence-electron chi connectivity index (χ2n) is 4.64. The van der Waals surface area contributed by atoms with E-state index in [2.05, 4.69) is 16.5 Å². The van der Waals surface area contributed by atoms with Gasteiger partial charge in [0.05, 0.1) is 12.8 Å². The summed E-state index contributed by atoms with van der Waals surface area (Å²) in [5.41, 5.74) is 2.32. The van der Waals surface area contributed by atoms with Crippen molar-refractivity contribution < 1.29 is 9.53 Å². The number of nitrogens with zero attached hydrogens (tertiary/aromatic N) is 1. The molecule has 1 saturated heterocycles. The maximum Gasteiger partial charge on any atom is 0.193 e. The Hall–Kier alpha value is -2.04. The van der Waals surface area contributed by atoms with Crippen LogP contribution in [0.5, 0.6) is 0 Å². The zero-order valence-electron chi connectivity index (χ0n) is 11.0. The van der Waals surface area contributed by atoms with E-state index in [9.17, 15) is 4.79 Å². The Morgan fingerprint density at radius 2 is 2.20 bits per heavy atom. The summed E-state index contributed by atoms with van der Waals surface area (Å²) >= 11 is 0. The van der Waals surface area contributed by atoms with Crippen molar-refractivity contribution in [1.29, 1.82) is 0 Å². The molecule has 0 bridgehead atoms. The highest BCUT2D eigenvalue weighted by atomic mass is 16.5. The number of Topliss-reactive ketones (excluding diaryl/α,β-unsaturated/α-hetero) is 1. The summed E-state index contributed by atoms with van der Waals surface area (Å²) in [5.74, 6) is 0.00468. The van der Waals surface area contributed by atoms with Gasteiger partial charge in [0.15, 0.2) is 5.78 Å². The van der Waals surface area contributed by atoms with Crippen molar-refractivity contribution in [2.24, 2.45) is 0 Å². The van der Waals surface area contributed by atoms with Gasteiger partial charge in [-0.3, -0.25) is 9.78 Å². The fourth-order valence-corrected chi connectivity index (χ4v) is 2.32. The van der Waals surface area contributed by atoms with Crippen LogP contribution in [0.25, 0.3) is 11.1 Å². The minimum atomic E-state index is -0.415. The molecular weight excluding hydrogens is 252 g/mol. The molecule has 1 aromatic carbocycles. The summed E-state index contributed by atoms with van der Waals surface area (Å²) in [6.07, 6.45) is 4.18. The first-order valence-electron chi connectivity index (χ1n) is 6.65. The van der Waals surface area contributed by atoms with E-state index in [-0.39, 0.29) is 5.78 Å². The first-order chi connectivity index (χ1) is 9.86. The van der Waals surface area contributed by atoms with Crippen molar-refractivity contribution in [2.45, 2.75) is 6.10 Å². The summed E-state index contributed by atoms with van der Waals surface area (Å²) in [6, 6.07) is 11.3. The molecule has 4 heteroatoms. The molecule has 0 amide bonds. The van der Waals surface area contributed by atoms with E-state index in [1.165, 1.54) is 0 Å². The number of carbonyl (C=O) groups is 1. The van der Waals surface area contributed by atoms with Gasteiger partial charge in [0, 0.05) is 30.4 Å². The van der Waals surface area contributed by atoms with Crippen LogP contribution >= 0.6 is 0 Å². The minimum Gasteiger partial charge on any atom is -0.367 e. The molecule has 0 spiro atoms. The first kappa shape index (κ1) is 13.0. The molecule has 1 aromatic heterocycles. The number of carbonyl (C=O) groups excluding carboxylic acids is 1. The van der Waals surface area contributed by atoms with E-state index in [1.54, 1.807) is 6.20 Å². The van der Waals surface area contributed by atoms with Crippen LogP contribution in [-0.2, 0) is 4.74 Å². The highest BCUT2D eigenvalue weighted by molar-refractivity contribution is 6.05. The SMILES string of the molecule is O=C(c1ccccc1-c1[c]nccc1)C1CNCCO1. The molecule has 1 unspecified atom stereocenters. The zero-order chi connectivity index (χ0) is 13.8. The summed E-state index contributed by atoms with van der Waals surface area (Å²) in [7, 11) is 0. The Bertz CT molecular complexity index is 592. The zero-order valence-corrected chi connectivity index (χ0v) is 11.0. The first-order valence-corrected chi connectivity index (χ1v) is 6.65. The number of hydrogen-bond donors (Lipinski definition) is 1. The van der Waals surface area contributed by atoms with Crippen LogP contribution in [0.15, 0.2) is 42.6 Å². The third-order valence-electron chi connectivity index (χ3n) is 3.31. The number of morpholine rings is 1. The number of rotatable bonds is 3. The molecule has 1 radical (unpaired) electrons. The third-order valence-corrected chi connectivity index (χ3v) is 3.31. The third kappa shape index (κ3) is 2.61. The predicted octanol–water partition coefficient (Wildman–Crippen LogP) is 1.72. The molecule has 1 aliphatic rings. The van der Waals surface area contributed by atoms with Crippen molar-refractivity contribution >= 4 is 5.78 Å². The van der Waals surface area contributed by atoms with Crippen LogP contribution < -0.4 is 5.32 Å². The normalized spacial score (nSPS) is 18.7. The van der Waals surface area contributed by atoms with Crippen molar-refractivity contribution in [3.8, 4) is 11.1 Å². The average Bonchev–Trinajstić information content (AvgIpc) is 2.56. The number of hydrogen-bond acceptors (Lipinski definition) is 4. The van der Waals surface area contributed by atoms with Gasteiger partial charge in [0.25, 0.3) is 0 Å². The van der Waals surface area contributed by atoms with Gasteiger partial charge < -0.3 is 10.1 Å². The maximum absolute atomic E-state index is 12.6. The van der Waals surface area contributed by atoms with Crippen molar-refractivity contribution in [2.75, 3.05) is 19.7 Å². The van der Waals surface area contributed by atoms with E-state index < -0.39 is 6.10 Å². The largest absolute Gasteiger partial charge is 0.367 e. The lowest BCUT2D eigenvalue weighted by Crippen LogP contribution is -2.43. The molecule has 0 aliphatic carbocycles. The number of nitrogens with one attached hydrogen (secondary N) is 1. The summed E-state index contributed by atoms with van der Waals surface area (Å²) in [5, 5.41) is 3.18. The Morgan fingerprint density at radius 1 is 1.30 bits per heavy atom. The maximum atomic E-state index is 12.6. The number of benzene rings is 1. The second-order valence-corrected chi connectivity index (χ2v) is 4.64. The van der Waals surface area contributed by atoms with Crippen LogP contribution in [0.1, 0.15) is 10.4 Å². The predicted molar refractivity (Wildman–Crippen MR) is 75.4 cm³/mol. The fraction of sp³-hybridized carbons (Fsp3) is 0.250. The van der Waals surface area contributed by atoms with Crippen LogP contribution in [-0.4, -0.2) is 36.6 Å². The fourth-order valence-electron chi connectivity index (χ4n) is 2.32. The van der Waals surface area contributed by atoms with E-state index in [0.29, 0.717) is 18.7 Å². The molecule has 3 rings (SSSR count). The monoisotopic (exact) mass is 267 g/mol. The van der Waals surface area contributed by atoms with Crippen molar-refractivity contribution in [3.05, 3.63) is 54.4 Å². The lowest BCUT2D eigenvalue weighted by molar-refractivity contribution is 0.0270. The Balaban J connectivity index is 1.95. The van der Waals surface area contributed by atoms with Crippen LogP contribution in [0.2, 0.25) is 0 Å². The van der Waals surface area contributed by atoms with Crippen molar-refractivity contribution in [1.82, 2.24) is 10.3 Å². The van der Waals surface area contributed by atoms with Gasteiger partial charge in [-0.2, -0.15) is 0 Å². The van der Waals surface area contributed by atoms with Gasteiger partial charge >= 0.3 is 0 Å². The van der Waals surface area contributed by atoms with Crippen LogP contribution in [0.3, 0.4) is 0 Å². The molecule has 101 valence electrons. The van der Waals surface area contributed by atoms with E-state index >= 15 is 0 Å². The van der Waals surface area contributed by atoms with Crippen LogP contribution in [0, 0.1) is 6.20 Å². The number of ether oxygens (including phenoxy) is 1. The standard InChI is InChI=1S/C16H15N2O2/c19-16(15-11-18-8-9-20-15)14-6-2-1-5-13(14)12-4-3-7-17-10-12/h1-7,15,18H,8-9,11H2. The van der Waals surface area contributed by atoms with Crippen molar-refractivity contribution in [3.63, 3.8) is 0 Å². The molecule has 2 aromatic rings. The molecule has 20 heavy (non-hydrogen) atoms. The molecule has 1 fully saturated rings. The topological polar surface area (TPSA) is 51.2 Å². The van der Waals surface area contributed by atoms with Gasteiger partial charge in [-0.25, -0.2) is 0 Å². The van der Waals surface area contributed by atoms with E-state index in [1.807, 2.05) is 36.4 Å². The van der Waals surface area contributed by atoms with Crippen LogP contribution in [0.4, 0.5) is 0 Å². The average molecular weight is 267 g/mol. The quantitative estimate of drug-likeness (QED) is 0.860. The Labute approximate surface area is 117 Å². The van der Waals surface area contributed by atoms with Gasteiger partial charge in [-0.1, -0.05) is 30.3 Å². The minimum absolute atomic E-state index is 0.00468. The number of pyridine rings is 1. The summed E-state index contributed by atoms with van der Waals surface area (Å²) in [6.45, 7) is 1.92. The lowest BCUT2D eigenvalue weighted by atomic mass is 9.95. The van der Waals surface area contributed by atoms with Gasteiger partial charge in [0.1, 0.15) is 6.10 Å². The second kappa shape index (κ2) is 5.94.